The van der Waals surface area contributed by atoms with E-state index in [0.29, 0.717) is 17.8 Å². The van der Waals surface area contributed by atoms with E-state index >= 15 is 0 Å². The van der Waals surface area contributed by atoms with E-state index in [1.54, 1.807) is 0 Å². The molecule has 1 heterocycles. The molecule has 94 valence electrons. The first kappa shape index (κ1) is 12.1. The van der Waals surface area contributed by atoms with Gasteiger partial charge in [0.2, 0.25) is 0 Å². The fourth-order valence-electron chi connectivity index (χ4n) is 2.11. The minimum Gasteiger partial charge on any atom is -0.366 e. The van der Waals surface area contributed by atoms with Gasteiger partial charge in [-0.2, -0.15) is 13.2 Å². The molecule has 1 saturated carbocycles. The number of rotatable bonds is 2. The summed E-state index contributed by atoms with van der Waals surface area (Å²) in [5.41, 5.74) is -0.956. The molecule has 17 heavy (non-hydrogen) atoms. The number of hydrogen-bond acceptors (Lipinski definition) is 3. The van der Waals surface area contributed by atoms with Crippen LogP contribution in [0.1, 0.15) is 31.9 Å². The second-order valence-electron chi connectivity index (χ2n) is 4.56. The summed E-state index contributed by atoms with van der Waals surface area (Å²) in [4.78, 5) is 0. The van der Waals surface area contributed by atoms with E-state index in [1.165, 1.54) is 6.07 Å². The van der Waals surface area contributed by atoms with Crippen molar-refractivity contribution in [3.05, 3.63) is 17.8 Å². The Morgan fingerprint density at radius 1 is 1.24 bits per heavy atom. The van der Waals surface area contributed by atoms with E-state index in [9.17, 15) is 13.2 Å². The molecule has 0 radical (unpaired) electrons. The molecule has 0 aliphatic heterocycles. The zero-order valence-corrected chi connectivity index (χ0v) is 9.46. The minimum absolute atomic E-state index is 0.302. The predicted octanol–water partition coefficient (Wildman–Crippen LogP) is 3.10. The highest BCUT2D eigenvalue weighted by molar-refractivity contribution is 5.34. The third-order valence-corrected chi connectivity index (χ3v) is 3.00. The summed E-state index contributed by atoms with van der Waals surface area (Å²) < 4.78 is 36.8. The molecule has 0 aromatic carbocycles. The standard InChI is InChI=1S/C11H14F3N3/c1-7-2-3-8(6-7)15-10-5-4-9(16-17-10)11(12,13)14/h4-5,7-8H,2-3,6H2,1H3,(H,15,17). The maximum absolute atomic E-state index is 12.3. The van der Waals surface area contributed by atoms with Crippen molar-refractivity contribution < 1.29 is 13.2 Å². The van der Waals surface area contributed by atoms with Crippen molar-refractivity contribution in [3.8, 4) is 0 Å². The number of alkyl halides is 3. The van der Waals surface area contributed by atoms with Crippen LogP contribution >= 0.6 is 0 Å². The van der Waals surface area contributed by atoms with Gasteiger partial charge in [-0.3, -0.25) is 0 Å². The van der Waals surface area contributed by atoms with Gasteiger partial charge in [-0.15, -0.1) is 10.2 Å². The molecule has 1 N–H and O–H groups in total. The van der Waals surface area contributed by atoms with Crippen molar-refractivity contribution in [3.63, 3.8) is 0 Å². The highest BCUT2D eigenvalue weighted by Crippen LogP contribution is 2.29. The summed E-state index contributed by atoms with van der Waals surface area (Å²) in [6, 6.07) is 2.59. The molecule has 1 aromatic heterocycles. The number of aromatic nitrogens is 2. The van der Waals surface area contributed by atoms with Gasteiger partial charge in [0.1, 0.15) is 5.82 Å². The van der Waals surface area contributed by atoms with Crippen molar-refractivity contribution in [1.29, 1.82) is 0 Å². The number of nitrogens with one attached hydrogen (secondary N) is 1. The van der Waals surface area contributed by atoms with E-state index in [-0.39, 0.29) is 0 Å². The van der Waals surface area contributed by atoms with Crippen LogP contribution in [0.15, 0.2) is 12.1 Å². The number of nitrogens with zero attached hydrogens (tertiary/aromatic N) is 2. The summed E-state index contributed by atoms with van der Waals surface area (Å²) in [6.45, 7) is 2.17. The van der Waals surface area contributed by atoms with Gasteiger partial charge in [-0.1, -0.05) is 6.92 Å². The normalized spacial score (nSPS) is 24.9. The zero-order valence-electron chi connectivity index (χ0n) is 9.46. The maximum Gasteiger partial charge on any atom is 0.435 e. The summed E-state index contributed by atoms with van der Waals surface area (Å²) in [5.74, 6) is 1.08. The Hall–Kier alpha value is -1.33. The van der Waals surface area contributed by atoms with Gasteiger partial charge >= 0.3 is 6.18 Å². The average molecular weight is 245 g/mol. The molecule has 1 aliphatic carbocycles. The Bertz CT molecular complexity index is 375. The summed E-state index contributed by atoms with van der Waals surface area (Å²) >= 11 is 0. The molecular weight excluding hydrogens is 231 g/mol. The van der Waals surface area contributed by atoms with Crippen LogP contribution in [0.2, 0.25) is 0 Å². The van der Waals surface area contributed by atoms with Crippen LogP contribution in [0.5, 0.6) is 0 Å². The van der Waals surface area contributed by atoms with E-state index < -0.39 is 11.9 Å². The Morgan fingerprint density at radius 2 is 2.00 bits per heavy atom. The van der Waals surface area contributed by atoms with E-state index in [1.807, 2.05) is 0 Å². The molecule has 6 heteroatoms. The van der Waals surface area contributed by atoms with Crippen molar-refractivity contribution in [2.24, 2.45) is 5.92 Å². The highest BCUT2D eigenvalue weighted by Gasteiger charge is 2.33. The van der Waals surface area contributed by atoms with Crippen LogP contribution in [-0.2, 0) is 6.18 Å². The Kier molecular flexibility index (Phi) is 3.22. The molecule has 3 nitrogen and oxygen atoms in total. The minimum atomic E-state index is -4.42. The lowest BCUT2D eigenvalue weighted by molar-refractivity contribution is -0.141. The van der Waals surface area contributed by atoms with Gasteiger partial charge in [-0.25, -0.2) is 0 Å². The van der Waals surface area contributed by atoms with Crippen LogP contribution in [0.3, 0.4) is 0 Å². The topological polar surface area (TPSA) is 37.8 Å². The van der Waals surface area contributed by atoms with Gasteiger partial charge in [0.15, 0.2) is 5.69 Å². The number of anilines is 1. The van der Waals surface area contributed by atoms with E-state index in [0.717, 1.165) is 25.3 Å². The lowest BCUT2D eigenvalue weighted by Gasteiger charge is -2.13. The summed E-state index contributed by atoms with van der Waals surface area (Å²) in [5, 5.41) is 9.84. The van der Waals surface area contributed by atoms with Crippen molar-refractivity contribution in [2.75, 3.05) is 5.32 Å². The van der Waals surface area contributed by atoms with Gasteiger partial charge < -0.3 is 5.32 Å². The summed E-state index contributed by atoms with van der Waals surface area (Å²) in [7, 11) is 0. The van der Waals surface area contributed by atoms with Gasteiger partial charge in [0, 0.05) is 6.04 Å². The third kappa shape index (κ3) is 3.08. The molecule has 2 unspecified atom stereocenters. The molecule has 0 amide bonds. The van der Waals surface area contributed by atoms with Crippen LogP contribution < -0.4 is 5.32 Å². The van der Waals surface area contributed by atoms with Crippen molar-refractivity contribution in [1.82, 2.24) is 10.2 Å². The molecule has 0 saturated heterocycles. The largest absolute Gasteiger partial charge is 0.435 e. The first-order valence-electron chi connectivity index (χ1n) is 5.62. The fraction of sp³-hybridized carbons (Fsp3) is 0.636. The smallest absolute Gasteiger partial charge is 0.366 e. The summed E-state index contributed by atoms with van der Waals surface area (Å²) in [6.07, 6.45) is -1.22. The first-order valence-corrected chi connectivity index (χ1v) is 5.62. The fourth-order valence-corrected chi connectivity index (χ4v) is 2.11. The van der Waals surface area contributed by atoms with Crippen LogP contribution in [-0.4, -0.2) is 16.2 Å². The predicted molar refractivity (Wildman–Crippen MR) is 57.5 cm³/mol. The molecule has 0 bridgehead atoms. The lowest BCUT2D eigenvalue weighted by atomic mass is 10.1. The molecule has 2 rings (SSSR count). The first-order chi connectivity index (χ1) is 7.95. The maximum atomic E-state index is 12.3. The van der Waals surface area contributed by atoms with Crippen LogP contribution in [0.4, 0.5) is 19.0 Å². The van der Waals surface area contributed by atoms with Gasteiger partial charge in [0.05, 0.1) is 0 Å². The van der Waals surface area contributed by atoms with Crippen molar-refractivity contribution in [2.45, 2.75) is 38.4 Å². The second kappa shape index (κ2) is 4.50. The Balaban J connectivity index is 1.99. The SMILES string of the molecule is CC1CCC(Nc2ccc(C(F)(F)F)nn2)C1. The Morgan fingerprint density at radius 3 is 2.47 bits per heavy atom. The lowest BCUT2D eigenvalue weighted by Crippen LogP contribution is -2.17. The molecule has 1 aliphatic rings. The van der Waals surface area contributed by atoms with Crippen LogP contribution in [0, 0.1) is 5.92 Å². The number of halogens is 3. The zero-order chi connectivity index (χ0) is 12.5. The monoisotopic (exact) mass is 245 g/mol. The van der Waals surface area contributed by atoms with Crippen LogP contribution in [0.25, 0.3) is 0 Å². The quantitative estimate of drug-likeness (QED) is 0.870. The molecule has 2 atom stereocenters. The molecule has 1 aromatic rings. The second-order valence-corrected chi connectivity index (χ2v) is 4.56. The van der Waals surface area contributed by atoms with E-state index in [2.05, 4.69) is 22.4 Å². The third-order valence-electron chi connectivity index (χ3n) is 3.00. The van der Waals surface area contributed by atoms with Gasteiger partial charge in [0.25, 0.3) is 0 Å². The molecular formula is C11H14F3N3. The number of hydrogen-bond donors (Lipinski definition) is 1. The van der Waals surface area contributed by atoms with Gasteiger partial charge in [-0.05, 0) is 37.3 Å². The average Bonchev–Trinajstić information content (AvgIpc) is 2.63. The highest BCUT2D eigenvalue weighted by atomic mass is 19.4. The molecule has 1 fully saturated rings. The Labute approximate surface area is 97.4 Å². The molecule has 0 spiro atoms. The van der Waals surface area contributed by atoms with Crippen molar-refractivity contribution >= 4 is 5.82 Å². The van der Waals surface area contributed by atoms with E-state index in [4.69, 9.17) is 0 Å².